The summed E-state index contributed by atoms with van der Waals surface area (Å²) in [5.41, 5.74) is 0.950. The van der Waals surface area contributed by atoms with Gasteiger partial charge in [0, 0.05) is 23.4 Å². The molecule has 0 unspecified atom stereocenters. The summed E-state index contributed by atoms with van der Waals surface area (Å²) >= 11 is 0.634. The van der Waals surface area contributed by atoms with E-state index in [-0.39, 0.29) is 23.9 Å². The fourth-order valence-electron chi connectivity index (χ4n) is 2.80. The number of nitrogens with one attached hydrogen (secondary N) is 1. The van der Waals surface area contributed by atoms with Gasteiger partial charge in [0.2, 0.25) is 0 Å². The fraction of sp³-hybridized carbons (Fsp3) is 0.643. The van der Waals surface area contributed by atoms with E-state index in [2.05, 4.69) is 10.2 Å². The van der Waals surface area contributed by atoms with Gasteiger partial charge in [0.15, 0.2) is 5.69 Å². The number of aromatic nitrogens is 2. The molecule has 0 saturated heterocycles. The molecule has 0 aromatic carbocycles. The maximum absolute atomic E-state index is 12.6. The number of thioether (sulfide) groups is 1. The van der Waals surface area contributed by atoms with Crippen molar-refractivity contribution in [3.63, 3.8) is 0 Å². The molecule has 2 heterocycles. The minimum atomic E-state index is -2.43. The van der Waals surface area contributed by atoms with Gasteiger partial charge >= 0.3 is 5.97 Å². The first-order valence-corrected chi connectivity index (χ1v) is 8.33. The molecule has 126 valence electrons. The molecule has 1 saturated carbocycles. The molecule has 1 aromatic heterocycles. The Morgan fingerprint density at radius 3 is 2.87 bits per heavy atom. The Bertz CT molecular complexity index is 631. The van der Waals surface area contributed by atoms with Crippen molar-refractivity contribution in [2.45, 2.75) is 36.7 Å². The first-order valence-electron chi connectivity index (χ1n) is 7.45. The largest absolute Gasteiger partial charge is 0.461 e. The highest BCUT2D eigenvalue weighted by molar-refractivity contribution is 8.01. The summed E-state index contributed by atoms with van der Waals surface area (Å²) in [7, 11) is 0. The lowest BCUT2D eigenvalue weighted by atomic mass is 10.0. The third-order valence-corrected chi connectivity index (χ3v) is 5.31. The third kappa shape index (κ3) is 3.19. The minimum absolute atomic E-state index is 0.137. The number of hydrogen-bond acceptors (Lipinski definition) is 5. The lowest BCUT2D eigenvalue weighted by molar-refractivity contribution is 0.0518. The Labute approximate surface area is 135 Å². The zero-order valence-corrected chi connectivity index (χ0v) is 13.4. The van der Waals surface area contributed by atoms with Crippen LogP contribution in [0.15, 0.2) is 0 Å². The Hall–Kier alpha value is -1.64. The first kappa shape index (κ1) is 16.2. The van der Waals surface area contributed by atoms with Crippen LogP contribution >= 0.6 is 11.8 Å². The molecule has 0 bridgehead atoms. The summed E-state index contributed by atoms with van der Waals surface area (Å²) < 4.78 is 29.6. The number of carbonyl (C=O) groups is 2. The number of ether oxygens (including phenoxy) is 1. The van der Waals surface area contributed by atoms with Crippen molar-refractivity contribution in [3.8, 4) is 0 Å². The highest BCUT2D eigenvalue weighted by Gasteiger charge is 2.48. The van der Waals surface area contributed by atoms with Gasteiger partial charge in [0.05, 0.1) is 6.61 Å². The molecule has 1 aromatic rings. The standard InChI is InChI=1S/C14H17F2N3O3S/c1-2-22-12(21)10-8-3-6-19(11(20)9(8)17-18-10)7-14(4-5-14)23-13(15)16/h13H,2-7H2,1H3,(H,17,18). The van der Waals surface area contributed by atoms with Crippen molar-refractivity contribution in [2.24, 2.45) is 0 Å². The SMILES string of the molecule is CCOC(=O)c1n[nH]c2c1CCN(CC1(SC(F)F)CC1)C2=O. The van der Waals surface area contributed by atoms with Gasteiger partial charge in [-0.2, -0.15) is 13.9 Å². The summed E-state index contributed by atoms with van der Waals surface area (Å²) in [4.78, 5) is 25.9. The van der Waals surface area contributed by atoms with Crippen LogP contribution in [0.25, 0.3) is 0 Å². The van der Waals surface area contributed by atoms with Crippen LogP contribution in [0.2, 0.25) is 0 Å². The van der Waals surface area contributed by atoms with Crippen LogP contribution in [-0.2, 0) is 11.2 Å². The van der Waals surface area contributed by atoms with E-state index in [1.807, 2.05) is 0 Å². The Morgan fingerprint density at radius 2 is 2.26 bits per heavy atom. The van der Waals surface area contributed by atoms with E-state index in [9.17, 15) is 18.4 Å². The van der Waals surface area contributed by atoms with Gasteiger partial charge in [-0.25, -0.2) is 4.79 Å². The molecule has 6 nitrogen and oxygen atoms in total. The molecular weight excluding hydrogens is 328 g/mol. The van der Waals surface area contributed by atoms with Gasteiger partial charge in [-0.1, -0.05) is 11.8 Å². The average molecular weight is 345 g/mol. The molecule has 23 heavy (non-hydrogen) atoms. The molecule has 9 heteroatoms. The van der Waals surface area contributed by atoms with E-state index >= 15 is 0 Å². The number of fused-ring (bicyclic) bond motifs is 1. The molecule has 1 amide bonds. The van der Waals surface area contributed by atoms with Crippen LogP contribution < -0.4 is 0 Å². The lowest BCUT2D eigenvalue weighted by Gasteiger charge is -2.30. The summed E-state index contributed by atoms with van der Waals surface area (Å²) in [6.45, 7) is 2.62. The number of carbonyl (C=O) groups excluding carboxylic acids is 2. The number of aromatic amines is 1. The van der Waals surface area contributed by atoms with Crippen LogP contribution in [0.3, 0.4) is 0 Å². The highest BCUT2D eigenvalue weighted by Crippen LogP contribution is 2.51. The lowest BCUT2D eigenvalue weighted by Crippen LogP contribution is -2.42. The van der Waals surface area contributed by atoms with Crippen molar-refractivity contribution >= 4 is 23.6 Å². The molecule has 1 fully saturated rings. The number of hydrogen-bond donors (Lipinski definition) is 1. The van der Waals surface area contributed by atoms with Gasteiger partial charge in [-0.05, 0) is 26.2 Å². The molecular formula is C14H17F2N3O3S. The molecule has 0 spiro atoms. The summed E-state index contributed by atoms with van der Waals surface area (Å²) in [6.07, 6.45) is 1.84. The molecule has 1 N–H and O–H groups in total. The topological polar surface area (TPSA) is 75.3 Å². The Morgan fingerprint density at radius 1 is 1.52 bits per heavy atom. The predicted molar refractivity (Wildman–Crippen MR) is 79.7 cm³/mol. The van der Waals surface area contributed by atoms with Crippen LogP contribution in [0.1, 0.15) is 46.3 Å². The Balaban J connectivity index is 1.73. The average Bonchev–Trinajstić information content (AvgIpc) is 3.08. The van der Waals surface area contributed by atoms with Crippen molar-refractivity contribution < 1.29 is 23.1 Å². The van der Waals surface area contributed by atoms with E-state index in [0.29, 0.717) is 49.7 Å². The van der Waals surface area contributed by atoms with Crippen molar-refractivity contribution in [1.29, 1.82) is 0 Å². The second kappa shape index (κ2) is 6.10. The van der Waals surface area contributed by atoms with Crippen LogP contribution in [-0.4, -0.2) is 57.2 Å². The van der Waals surface area contributed by atoms with Gasteiger partial charge in [0.1, 0.15) is 5.69 Å². The molecule has 0 radical (unpaired) electrons. The highest BCUT2D eigenvalue weighted by atomic mass is 32.2. The smallest absolute Gasteiger partial charge is 0.359 e. The van der Waals surface area contributed by atoms with Gasteiger partial charge < -0.3 is 9.64 Å². The van der Waals surface area contributed by atoms with E-state index in [4.69, 9.17) is 4.74 Å². The van der Waals surface area contributed by atoms with Gasteiger partial charge in [-0.15, -0.1) is 0 Å². The van der Waals surface area contributed by atoms with E-state index in [1.165, 1.54) is 0 Å². The number of H-pyrrole nitrogens is 1. The van der Waals surface area contributed by atoms with Gasteiger partial charge in [-0.3, -0.25) is 9.89 Å². The number of rotatable bonds is 6. The van der Waals surface area contributed by atoms with Crippen molar-refractivity contribution in [1.82, 2.24) is 15.1 Å². The maximum Gasteiger partial charge on any atom is 0.359 e. The monoisotopic (exact) mass is 345 g/mol. The molecule has 1 aliphatic carbocycles. The van der Waals surface area contributed by atoms with Crippen LogP contribution in [0.4, 0.5) is 8.78 Å². The molecule has 2 aliphatic rings. The number of halogens is 2. The quantitative estimate of drug-likeness (QED) is 0.799. The number of amides is 1. The number of nitrogens with zero attached hydrogens (tertiary/aromatic N) is 2. The van der Waals surface area contributed by atoms with E-state index in [0.717, 1.165) is 0 Å². The summed E-state index contributed by atoms with van der Waals surface area (Å²) in [6, 6.07) is 0. The predicted octanol–water partition coefficient (Wildman–Crippen LogP) is 2.07. The third-order valence-electron chi connectivity index (χ3n) is 4.09. The van der Waals surface area contributed by atoms with E-state index < -0.39 is 16.5 Å². The zero-order chi connectivity index (χ0) is 16.6. The second-order valence-electron chi connectivity index (χ2n) is 5.68. The normalized spacial score (nSPS) is 19.0. The number of alkyl halides is 2. The summed E-state index contributed by atoms with van der Waals surface area (Å²) in [5.74, 6) is -3.29. The van der Waals surface area contributed by atoms with Crippen molar-refractivity contribution in [2.75, 3.05) is 19.7 Å². The fourth-order valence-corrected chi connectivity index (χ4v) is 3.75. The zero-order valence-electron chi connectivity index (χ0n) is 12.6. The summed E-state index contributed by atoms with van der Waals surface area (Å²) in [5, 5.41) is 6.48. The van der Waals surface area contributed by atoms with Gasteiger partial charge in [0.25, 0.3) is 11.7 Å². The van der Waals surface area contributed by atoms with E-state index in [1.54, 1.807) is 11.8 Å². The number of esters is 1. The molecule has 0 atom stereocenters. The minimum Gasteiger partial charge on any atom is -0.461 e. The first-order chi connectivity index (χ1) is 11.0. The molecule has 1 aliphatic heterocycles. The van der Waals surface area contributed by atoms with Crippen LogP contribution in [0.5, 0.6) is 0 Å². The van der Waals surface area contributed by atoms with Crippen molar-refractivity contribution in [3.05, 3.63) is 17.0 Å². The maximum atomic E-state index is 12.6. The van der Waals surface area contributed by atoms with Crippen LogP contribution in [0, 0.1) is 0 Å². The second-order valence-corrected chi connectivity index (χ2v) is 7.14. The Kier molecular flexibility index (Phi) is 4.31. The molecule has 3 rings (SSSR count).